The predicted octanol–water partition coefficient (Wildman–Crippen LogP) is 4.50. The molecule has 2 heterocycles. The molecule has 0 saturated heterocycles. The Morgan fingerprint density at radius 2 is 1.85 bits per heavy atom. The van der Waals surface area contributed by atoms with Crippen LogP contribution in [0.1, 0.15) is 29.1 Å². The molecule has 8 heteroatoms. The van der Waals surface area contributed by atoms with E-state index < -0.39 is 0 Å². The number of benzene rings is 1. The fourth-order valence-electron chi connectivity index (χ4n) is 2.85. The molecule has 0 aliphatic heterocycles. The second kappa shape index (κ2) is 8.27. The van der Waals surface area contributed by atoms with Gasteiger partial charge in [0.05, 0.1) is 40.8 Å². The van der Waals surface area contributed by atoms with Crippen LogP contribution in [0.5, 0.6) is 0 Å². The zero-order valence-electron chi connectivity index (χ0n) is 15.5. The number of hydrogen-bond donors (Lipinski definition) is 1. The number of hydrogen-bond acceptors (Lipinski definition) is 3. The topological polar surface area (TPSA) is 64.7 Å². The van der Waals surface area contributed by atoms with Crippen molar-refractivity contribution >= 4 is 39.1 Å². The van der Waals surface area contributed by atoms with Crippen molar-refractivity contribution in [3.8, 4) is 0 Å². The Kier molecular flexibility index (Phi) is 6.01. The van der Waals surface area contributed by atoms with E-state index >= 15 is 0 Å². The summed E-state index contributed by atoms with van der Waals surface area (Å²) >= 11 is 9.37. The minimum atomic E-state index is -0.0572. The third-order valence-corrected chi connectivity index (χ3v) is 5.52. The number of halogens is 2. The molecule has 3 rings (SSSR count). The maximum Gasteiger partial charge on any atom is 0.226 e. The number of anilines is 1. The highest BCUT2D eigenvalue weighted by Crippen LogP contribution is 2.21. The van der Waals surface area contributed by atoms with Gasteiger partial charge < -0.3 is 5.32 Å². The summed E-state index contributed by atoms with van der Waals surface area (Å²) in [4.78, 5) is 12.4. The lowest BCUT2D eigenvalue weighted by Gasteiger charge is -2.08. The highest BCUT2D eigenvalue weighted by atomic mass is 79.9. The van der Waals surface area contributed by atoms with E-state index in [9.17, 15) is 4.79 Å². The summed E-state index contributed by atoms with van der Waals surface area (Å²) in [5.41, 5.74) is 4.60. The normalized spacial score (nSPS) is 11.0. The molecule has 27 heavy (non-hydrogen) atoms. The molecule has 2 aromatic heterocycles. The molecule has 6 nitrogen and oxygen atoms in total. The summed E-state index contributed by atoms with van der Waals surface area (Å²) < 4.78 is 4.65. The van der Waals surface area contributed by atoms with E-state index in [0.717, 1.165) is 32.8 Å². The second-order valence-corrected chi connectivity index (χ2v) is 7.72. The average Bonchev–Trinajstić information content (AvgIpc) is 3.09. The molecular weight excluding hydrogens is 430 g/mol. The summed E-state index contributed by atoms with van der Waals surface area (Å²) in [5.74, 6) is -0.0572. The predicted molar refractivity (Wildman–Crippen MR) is 110 cm³/mol. The van der Waals surface area contributed by atoms with Crippen LogP contribution in [0, 0.1) is 20.8 Å². The van der Waals surface area contributed by atoms with Crippen LogP contribution in [0.3, 0.4) is 0 Å². The molecule has 3 aromatic rings. The molecular formula is C19H21BrClN5O. The van der Waals surface area contributed by atoms with Crippen LogP contribution in [-0.2, 0) is 17.9 Å². The number of amides is 1. The minimum Gasteiger partial charge on any atom is -0.323 e. The second-order valence-electron chi connectivity index (χ2n) is 6.43. The molecule has 1 aromatic carbocycles. The summed E-state index contributed by atoms with van der Waals surface area (Å²) in [6, 6.07) is 7.67. The lowest BCUT2D eigenvalue weighted by molar-refractivity contribution is -0.116. The average molecular weight is 451 g/mol. The summed E-state index contributed by atoms with van der Waals surface area (Å²) in [5, 5.41) is 12.5. The molecule has 0 radical (unpaired) electrons. The first-order chi connectivity index (χ1) is 12.8. The Morgan fingerprint density at radius 1 is 1.15 bits per heavy atom. The van der Waals surface area contributed by atoms with Crippen molar-refractivity contribution < 1.29 is 4.79 Å². The molecule has 0 fully saturated rings. The molecule has 1 amide bonds. The maximum absolute atomic E-state index is 12.4. The van der Waals surface area contributed by atoms with E-state index in [1.54, 1.807) is 6.20 Å². The van der Waals surface area contributed by atoms with Crippen LogP contribution < -0.4 is 5.32 Å². The van der Waals surface area contributed by atoms with Crippen molar-refractivity contribution in [3.05, 3.63) is 62.6 Å². The zero-order valence-corrected chi connectivity index (χ0v) is 17.8. The monoisotopic (exact) mass is 449 g/mol. The van der Waals surface area contributed by atoms with Gasteiger partial charge >= 0.3 is 0 Å². The van der Waals surface area contributed by atoms with Gasteiger partial charge in [0.25, 0.3) is 0 Å². The summed E-state index contributed by atoms with van der Waals surface area (Å²) in [7, 11) is 0. The van der Waals surface area contributed by atoms with Gasteiger partial charge in [0.2, 0.25) is 5.91 Å². The van der Waals surface area contributed by atoms with Crippen LogP contribution in [0.25, 0.3) is 0 Å². The largest absolute Gasteiger partial charge is 0.323 e. The molecule has 0 aliphatic rings. The Labute approximate surface area is 171 Å². The van der Waals surface area contributed by atoms with Gasteiger partial charge in [0.1, 0.15) is 0 Å². The summed E-state index contributed by atoms with van der Waals surface area (Å²) in [6.07, 6.45) is 2.08. The van der Waals surface area contributed by atoms with Gasteiger partial charge in [-0.25, -0.2) is 0 Å². The van der Waals surface area contributed by atoms with Gasteiger partial charge in [-0.2, -0.15) is 10.2 Å². The van der Waals surface area contributed by atoms with Gasteiger partial charge in [-0.1, -0.05) is 23.7 Å². The van der Waals surface area contributed by atoms with Crippen molar-refractivity contribution in [2.75, 3.05) is 5.32 Å². The molecule has 0 bridgehead atoms. The molecule has 0 spiro atoms. The number of nitrogens with one attached hydrogen (secondary N) is 1. The molecule has 0 atom stereocenters. The van der Waals surface area contributed by atoms with E-state index in [1.165, 1.54) is 0 Å². The third kappa shape index (κ3) is 4.59. The highest BCUT2D eigenvalue weighted by Gasteiger charge is 2.15. The van der Waals surface area contributed by atoms with Crippen LogP contribution >= 0.6 is 27.5 Å². The number of nitrogens with zero attached hydrogens (tertiary/aromatic N) is 4. The highest BCUT2D eigenvalue weighted by molar-refractivity contribution is 9.10. The van der Waals surface area contributed by atoms with E-state index in [1.807, 2.05) is 54.4 Å². The maximum atomic E-state index is 12.4. The van der Waals surface area contributed by atoms with Crippen LogP contribution in [0.4, 0.5) is 5.69 Å². The van der Waals surface area contributed by atoms with Gasteiger partial charge in [-0.05, 0) is 54.4 Å². The SMILES string of the molecule is Cc1nn(Cc2ccc(Cl)cc2)c(C)c1NC(=O)CCn1ncc(Br)c1C. The molecule has 0 saturated carbocycles. The van der Waals surface area contributed by atoms with Crippen molar-refractivity contribution in [1.29, 1.82) is 0 Å². The fraction of sp³-hybridized carbons (Fsp3) is 0.316. The first-order valence-corrected chi connectivity index (χ1v) is 9.78. The molecule has 0 aliphatic carbocycles. The number of rotatable bonds is 6. The van der Waals surface area contributed by atoms with Crippen LogP contribution in [0.2, 0.25) is 5.02 Å². The number of aryl methyl sites for hydroxylation is 2. The van der Waals surface area contributed by atoms with Gasteiger partial charge in [0, 0.05) is 17.1 Å². The van der Waals surface area contributed by atoms with E-state index in [2.05, 4.69) is 31.4 Å². The van der Waals surface area contributed by atoms with E-state index in [0.29, 0.717) is 24.5 Å². The van der Waals surface area contributed by atoms with Gasteiger partial charge in [-0.15, -0.1) is 0 Å². The fourth-order valence-corrected chi connectivity index (χ4v) is 3.28. The van der Waals surface area contributed by atoms with E-state index in [-0.39, 0.29) is 5.91 Å². The van der Waals surface area contributed by atoms with Crippen molar-refractivity contribution in [1.82, 2.24) is 19.6 Å². The lowest BCUT2D eigenvalue weighted by Crippen LogP contribution is -2.16. The Morgan fingerprint density at radius 3 is 2.48 bits per heavy atom. The molecule has 0 unspecified atom stereocenters. The number of aromatic nitrogens is 4. The quantitative estimate of drug-likeness (QED) is 0.601. The van der Waals surface area contributed by atoms with E-state index in [4.69, 9.17) is 11.6 Å². The first kappa shape index (κ1) is 19.6. The Hall–Kier alpha value is -2.12. The van der Waals surface area contributed by atoms with Crippen LogP contribution in [0.15, 0.2) is 34.9 Å². The van der Waals surface area contributed by atoms with Crippen molar-refractivity contribution in [2.24, 2.45) is 0 Å². The smallest absolute Gasteiger partial charge is 0.226 e. The van der Waals surface area contributed by atoms with Crippen molar-refractivity contribution in [3.63, 3.8) is 0 Å². The third-order valence-electron chi connectivity index (χ3n) is 4.49. The van der Waals surface area contributed by atoms with Gasteiger partial charge in [0.15, 0.2) is 0 Å². The van der Waals surface area contributed by atoms with Gasteiger partial charge in [-0.3, -0.25) is 14.2 Å². The standard InChI is InChI=1S/C19H21BrClN5O/c1-12-19(23-18(27)8-9-25-13(2)17(20)10-22-25)14(3)26(24-12)11-15-4-6-16(21)7-5-15/h4-7,10H,8-9,11H2,1-3H3,(H,23,27). The Bertz CT molecular complexity index is 961. The molecule has 1 N–H and O–H groups in total. The van der Waals surface area contributed by atoms with Crippen LogP contribution in [-0.4, -0.2) is 25.5 Å². The number of carbonyl (C=O) groups excluding carboxylic acids is 1. The number of carbonyl (C=O) groups is 1. The Balaban J connectivity index is 1.66. The van der Waals surface area contributed by atoms with Crippen molar-refractivity contribution in [2.45, 2.75) is 40.3 Å². The zero-order chi connectivity index (χ0) is 19.6. The first-order valence-electron chi connectivity index (χ1n) is 8.61. The summed E-state index contributed by atoms with van der Waals surface area (Å²) in [6.45, 7) is 6.97. The lowest BCUT2D eigenvalue weighted by atomic mass is 10.2. The molecule has 142 valence electrons. The minimum absolute atomic E-state index is 0.0572.